The molecule has 0 bridgehead atoms. The first-order valence-corrected chi connectivity index (χ1v) is 10.7. The van der Waals surface area contributed by atoms with Crippen LogP contribution in [0.2, 0.25) is 0 Å². The number of allylic oxidation sites excluding steroid dienone is 2. The molecule has 0 fully saturated rings. The van der Waals surface area contributed by atoms with E-state index < -0.39 is 5.91 Å². The van der Waals surface area contributed by atoms with E-state index >= 15 is 0 Å². The molecule has 0 radical (unpaired) electrons. The average molecular weight is 455 g/mol. The van der Waals surface area contributed by atoms with Crippen molar-refractivity contribution in [2.75, 3.05) is 5.32 Å². The van der Waals surface area contributed by atoms with E-state index in [0.29, 0.717) is 5.69 Å². The molecule has 1 unspecified atom stereocenters. The minimum absolute atomic E-state index is 0.194. The number of carbonyl (C=O) groups is 1. The molecule has 5 nitrogen and oxygen atoms in total. The van der Waals surface area contributed by atoms with Crippen molar-refractivity contribution < 1.29 is 26.2 Å². The Kier molecular flexibility index (Phi) is 6.99. The van der Waals surface area contributed by atoms with Gasteiger partial charge in [0.2, 0.25) is 0 Å². The fourth-order valence-corrected chi connectivity index (χ4v) is 4.11. The van der Waals surface area contributed by atoms with Crippen LogP contribution < -0.4 is 5.32 Å². The molecule has 0 aliphatic rings. The third-order valence-electron chi connectivity index (χ3n) is 4.85. The van der Waals surface area contributed by atoms with Crippen molar-refractivity contribution in [3.8, 4) is 0 Å². The van der Waals surface area contributed by atoms with Gasteiger partial charge in [0.15, 0.2) is 0 Å². The van der Waals surface area contributed by atoms with E-state index in [2.05, 4.69) is 48.5 Å². The molecule has 0 aliphatic heterocycles. The topological polar surface area (TPSA) is 71.7 Å². The van der Waals surface area contributed by atoms with Crippen LogP contribution in [0.4, 0.5) is 5.69 Å². The Morgan fingerprint density at radius 2 is 2.00 bits per heavy atom. The van der Waals surface area contributed by atoms with Gasteiger partial charge in [-0.25, -0.2) is 0 Å². The second kappa shape index (κ2) is 9.48. The number of carbonyl (C=O) groups excluding carboxylic acids is 1. The fourth-order valence-electron chi connectivity index (χ4n) is 3.36. The molecule has 1 heterocycles. The molecule has 0 aliphatic carbocycles. The Bertz CT molecular complexity index is 1250. The van der Waals surface area contributed by atoms with Gasteiger partial charge in [0, 0.05) is 0 Å². The summed E-state index contributed by atoms with van der Waals surface area (Å²) in [5.74, 6) is 1.76. The molecule has 0 saturated carbocycles. The van der Waals surface area contributed by atoms with Crippen molar-refractivity contribution in [3.05, 3.63) is 79.8 Å². The van der Waals surface area contributed by atoms with Gasteiger partial charge in [-0.05, 0) is 0 Å². The summed E-state index contributed by atoms with van der Waals surface area (Å²) < 4.78 is 7.36. The van der Waals surface area contributed by atoms with Crippen molar-refractivity contribution in [2.24, 2.45) is 5.18 Å². The Balaban J connectivity index is 2.16. The number of anilines is 1. The van der Waals surface area contributed by atoms with E-state index in [0.717, 1.165) is 37.3 Å². The molecular weight excluding hydrogens is 434 g/mol. The van der Waals surface area contributed by atoms with Gasteiger partial charge < -0.3 is 0 Å². The number of para-hydroxylation sites is 1. The van der Waals surface area contributed by atoms with Crippen molar-refractivity contribution in [1.29, 1.82) is 0 Å². The zero-order valence-electron chi connectivity index (χ0n) is 16.9. The second-order valence-electron chi connectivity index (χ2n) is 6.92. The summed E-state index contributed by atoms with van der Waals surface area (Å²) in [6, 6.07) is 12.8. The number of hydrogen-bond donors (Lipinski definition) is 1. The summed E-state index contributed by atoms with van der Waals surface area (Å²) >= 11 is 2.60. The molecule has 0 spiro atoms. The maximum absolute atomic E-state index is 11.9. The Hall–Kier alpha value is -2.59. The quantitative estimate of drug-likeness (QED) is 0.352. The molecule has 1 aromatic heterocycles. The molecule has 1 amide bonds. The Morgan fingerprint density at radius 1 is 1.27 bits per heavy atom. The van der Waals surface area contributed by atoms with E-state index in [4.69, 9.17) is 4.42 Å². The van der Waals surface area contributed by atoms with Crippen LogP contribution in [0.5, 0.6) is 0 Å². The zero-order valence-corrected chi connectivity index (χ0v) is 19.3. The normalized spacial score (nSPS) is 12.4. The molecule has 7 heteroatoms. The molecule has 1 N–H and O–H groups in total. The van der Waals surface area contributed by atoms with E-state index in [1.54, 1.807) is 24.3 Å². The average Bonchev–Trinajstić information content (AvgIpc) is 2.74. The number of fused-ring (bicyclic) bond motifs is 1. The van der Waals surface area contributed by atoms with Crippen LogP contribution in [0.3, 0.4) is 0 Å². The number of hydrogen-bond acceptors (Lipinski definition) is 4. The van der Waals surface area contributed by atoms with Crippen LogP contribution >= 0.6 is 8.86 Å². The number of nitrogens with one attached hydrogen (secondary N) is 1. The summed E-state index contributed by atoms with van der Waals surface area (Å²) in [5, 5.41) is 6.91. The number of nitrogens with zero attached hydrogens (tertiary/aromatic N) is 1. The van der Waals surface area contributed by atoms with Crippen LogP contribution in [0.1, 0.15) is 47.1 Å². The monoisotopic (exact) mass is 455 g/mol. The summed E-state index contributed by atoms with van der Waals surface area (Å²) in [6.07, 6.45) is 1.97. The first kappa shape index (κ1) is 22.1. The summed E-state index contributed by atoms with van der Waals surface area (Å²) in [7, 11) is 3.45. The predicted molar refractivity (Wildman–Crippen MR) is 121 cm³/mol. The summed E-state index contributed by atoms with van der Waals surface area (Å²) in [6.45, 7) is 5.97. The van der Waals surface area contributed by atoms with Gasteiger partial charge in [0.1, 0.15) is 0 Å². The van der Waals surface area contributed by atoms with Gasteiger partial charge >= 0.3 is 186 Å². The van der Waals surface area contributed by atoms with Crippen LogP contribution in [0.15, 0.2) is 58.1 Å². The van der Waals surface area contributed by atoms with Crippen molar-refractivity contribution in [3.63, 3.8) is 0 Å². The fraction of sp³-hybridized carbons (Fsp3) is 0.174. The molecular formula is C23H21N2O3PV. The molecule has 3 rings (SSSR count). The van der Waals surface area contributed by atoms with E-state index in [1.165, 1.54) is 0 Å². The first-order valence-electron chi connectivity index (χ1n) is 9.40. The number of rotatable bonds is 6. The summed E-state index contributed by atoms with van der Waals surface area (Å²) in [4.78, 5) is 22.7. The van der Waals surface area contributed by atoms with Gasteiger partial charge in [-0.15, -0.1) is 0 Å². The first-order chi connectivity index (χ1) is 14.4. The summed E-state index contributed by atoms with van der Waals surface area (Å²) in [5.41, 5.74) is 4.53. The standard InChI is InChI=1S/C23H21N2O3P.V/c1-4-16(13-29)21-10-9-17-11-14(2)12-19(22(17)28-21)15(3)24-20-8-6-5-7-18(20)23(26)25-27;/h4-8,10-13,15,24,29H,1-3H3;/b16-4+;. The van der Waals surface area contributed by atoms with E-state index in [-0.39, 0.29) is 11.6 Å². The van der Waals surface area contributed by atoms with Crippen molar-refractivity contribution in [1.82, 2.24) is 0 Å². The maximum atomic E-state index is 11.9. The third kappa shape index (κ3) is 4.44. The third-order valence-corrected chi connectivity index (χ3v) is 5.74. The molecule has 0 saturated heterocycles. The minimum atomic E-state index is -0.801. The molecule has 2 aromatic carbocycles. The van der Waals surface area contributed by atoms with Crippen molar-refractivity contribution in [2.45, 2.75) is 26.8 Å². The molecule has 151 valence electrons. The van der Waals surface area contributed by atoms with Crippen LogP contribution in [0.25, 0.3) is 16.5 Å². The number of benzene rings is 2. The van der Waals surface area contributed by atoms with E-state index in [1.807, 2.05) is 38.7 Å². The van der Waals surface area contributed by atoms with Gasteiger partial charge in [-0.3, -0.25) is 0 Å². The Labute approximate surface area is 185 Å². The number of amides is 1. The van der Waals surface area contributed by atoms with Crippen LogP contribution in [-0.2, 0) is 17.0 Å². The van der Waals surface area contributed by atoms with Gasteiger partial charge in [-0.2, -0.15) is 0 Å². The second-order valence-corrected chi connectivity index (χ2v) is 7.96. The number of aryl methyl sites for hydroxylation is 1. The SMILES string of the molecule is C/C=C(\C=P)c1c[c](=[V])c2cc(C)cc(C(C)Nc3ccccc3C(=O)N=O)c2o1. The van der Waals surface area contributed by atoms with Gasteiger partial charge in [-0.1, -0.05) is 0 Å². The molecule has 3 aromatic rings. The Morgan fingerprint density at radius 3 is 2.67 bits per heavy atom. The van der Waals surface area contributed by atoms with Crippen LogP contribution in [-0.4, -0.2) is 11.7 Å². The van der Waals surface area contributed by atoms with Gasteiger partial charge in [0.05, 0.1) is 0 Å². The van der Waals surface area contributed by atoms with Crippen molar-refractivity contribution >= 4 is 42.8 Å². The number of nitroso groups, excluding NO2 is 1. The molecule has 1 atom stereocenters. The van der Waals surface area contributed by atoms with Crippen LogP contribution in [0, 0.1) is 15.7 Å². The zero-order chi connectivity index (χ0) is 21.8. The van der Waals surface area contributed by atoms with E-state index in [9.17, 15) is 9.70 Å². The molecule has 30 heavy (non-hydrogen) atoms. The van der Waals surface area contributed by atoms with Gasteiger partial charge in [0.25, 0.3) is 0 Å². The predicted octanol–water partition coefficient (Wildman–Crippen LogP) is 6.25.